The Morgan fingerprint density at radius 3 is 2.95 bits per heavy atom. The van der Waals surface area contributed by atoms with Gasteiger partial charge in [-0.2, -0.15) is 0 Å². The van der Waals surface area contributed by atoms with Gasteiger partial charge >= 0.3 is 0 Å². The van der Waals surface area contributed by atoms with Gasteiger partial charge in [0.25, 0.3) is 5.91 Å². The van der Waals surface area contributed by atoms with E-state index in [0.717, 1.165) is 0 Å². The number of furan rings is 1. The largest absolute Gasteiger partial charge is 0.493 e. The van der Waals surface area contributed by atoms with Crippen molar-refractivity contribution >= 4 is 5.91 Å². The number of carbonyl (C=O) groups excluding carboxylic acids is 1. The number of rotatable bonds is 3. The number of carbonyl (C=O) groups is 1. The van der Waals surface area contributed by atoms with E-state index < -0.39 is 5.60 Å². The summed E-state index contributed by atoms with van der Waals surface area (Å²) in [5, 5.41) is 13.4. The van der Waals surface area contributed by atoms with E-state index in [1.165, 1.54) is 6.26 Å². The molecule has 1 amide bonds. The van der Waals surface area contributed by atoms with Crippen LogP contribution < -0.4 is 10.1 Å². The van der Waals surface area contributed by atoms with Gasteiger partial charge < -0.3 is 19.6 Å². The first-order chi connectivity index (χ1) is 9.69. The summed E-state index contributed by atoms with van der Waals surface area (Å²) < 4.78 is 10.5. The summed E-state index contributed by atoms with van der Waals surface area (Å²) in [6.45, 7) is 0.539. The fourth-order valence-electron chi connectivity index (χ4n) is 2.35. The first-order valence-corrected chi connectivity index (χ1v) is 6.45. The molecule has 5 nitrogen and oxygen atoms in total. The van der Waals surface area contributed by atoms with Gasteiger partial charge in [0.2, 0.25) is 0 Å². The lowest BCUT2D eigenvalue weighted by molar-refractivity contribution is -0.00180. The lowest BCUT2D eigenvalue weighted by Gasteiger charge is -2.34. The Bertz CT molecular complexity index is 608. The Morgan fingerprint density at radius 1 is 1.30 bits per heavy atom. The first-order valence-electron chi connectivity index (χ1n) is 6.45. The zero-order valence-corrected chi connectivity index (χ0v) is 10.8. The third kappa shape index (κ3) is 2.28. The molecule has 0 aliphatic carbocycles. The highest BCUT2D eigenvalue weighted by atomic mass is 16.5. The predicted molar refractivity (Wildman–Crippen MR) is 71.5 cm³/mol. The molecule has 0 saturated heterocycles. The van der Waals surface area contributed by atoms with Crippen molar-refractivity contribution in [3.05, 3.63) is 54.0 Å². The summed E-state index contributed by atoms with van der Waals surface area (Å²) in [6, 6.07) is 10.5. The zero-order chi connectivity index (χ0) is 14.0. The topological polar surface area (TPSA) is 71.7 Å². The van der Waals surface area contributed by atoms with Gasteiger partial charge in [-0.3, -0.25) is 4.79 Å². The highest BCUT2D eigenvalue weighted by Gasteiger charge is 2.35. The highest BCUT2D eigenvalue weighted by molar-refractivity contribution is 5.91. The van der Waals surface area contributed by atoms with E-state index in [-0.39, 0.29) is 18.2 Å². The minimum absolute atomic E-state index is 0.118. The molecule has 1 aliphatic heterocycles. The van der Waals surface area contributed by atoms with E-state index in [1.54, 1.807) is 12.1 Å². The van der Waals surface area contributed by atoms with E-state index in [2.05, 4.69) is 5.32 Å². The summed E-state index contributed by atoms with van der Waals surface area (Å²) >= 11 is 0. The van der Waals surface area contributed by atoms with Crippen molar-refractivity contribution in [2.45, 2.75) is 12.0 Å². The van der Waals surface area contributed by atoms with Crippen molar-refractivity contribution < 1.29 is 19.1 Å². The number of hydrogen-bond acceptors (Lipinski definition) is 4. The molecule has 2 N–H and O–H groups in total. The molecule has 5 heteroatoms. The Kier molecular flexibility index (Phi) is 3.20. The molecule has 0 radical (unpaired) electrons. The number of nitrogens with one attached hydrogen (secondary N) is 1. The van der Waals surface area contributed by atoms with E-state index in [4.69, 9.17) is 9.15 Å². The van der Waals surface area contributed by atoms with Crippen LogP contribution in [0.5, 0.6) is 5.75 Å². The van der Waals surface area contributed by atoms with E-state index >= 15 is 0 Å². The van der Waals surface area contributed by atoms with Gasteiger partial charge in [-0.15, -0.1) is 0 Å². The van der Waals surface area contributed by atoms with Gasteiger partial charge in [0, 0.05) is 12.0 Å². The van der Waals surface area contributed by atoms with Crippen molar-refractivity contribution in [1.82, 2.24) is 5.32 Å². The van der Waals surface area contributed by atoms with Gasteiger partial charge in [-0.1, -0.05) is 18.2 Å². The summed E-state index contributed by atoms with van der Waals surface area (Å²) in [5.74, 6) is 0.551. The van der Waals surface area contributed by atoms with Crippen LogP contribution in [0.3, 0.4) is 0 Å². The number of fused-ring (bicyclic) bond motifs is 1. The molecule has 0 bridgehead atoms. The van der Waals surface area contributed by atoms with E-state index in [1.807, 2.05) is 24.3 Å². The molecular weight excluding hydrogens is 258 g/mol. The molecular formula is C15H15NO4. The molecule has 2 heterocycles. The first kappa shape index (κ1) is 12.7. The number of ether oxygens (including phenoxy) is 1. The van der Waals surface area contributed by atoms with Crippen molar-refractivity contribution in [3.8, 4) is 5.75 Å². The third-order valence-corrected chi connectivity index (χ3v) is 3.45. The van der Waals surface area contributed by atoms with Gasteiger partial charge in [-0.05, 0) is 18.2 Å². The minimum atomic E-state index is -1.11. The maximum absolute atomic E-state index is 11.9. The van der Waals surface area contributed by atoms with Gasteiger partial charge in [0.1, 0.15) is 11.4 Å². The number of para-hydroxylation sites is 1. The monoisotopic (exact) mass is 273 g/mol. The number of benzene rings is 1. The van der Waals surface area contributed by atoms with Crippen LogP contribution in [0.15, 0.2) is 47.1 Å². The SMILES string of the molecule is O=C(NC[C@]1(O)CCOc2ccccc21)c1ccco1. The Morgan fingerprint density at radius 2 is 2.15 bits per heavy atom. The van der Waals surface area contributed by atoms with Crippen LogP contribution in [0.2, 0.25) is 0 Å². The third-order valence-electron chi connectivity index (χ3n) is 3.45. The van der Waals surface area contributed by atoms with Crippen molar-refractivity contribution in [2.75, 3.05) is 13.2 Å². The molecule has 1 aliphatic rings. The van der Waals surface area contributed by atoms with Crippen LogP contribution >= 0.6 is 0 Å². The van der Waals surface area contributed by atoms with Gasteiger partial charge in [-0.25, -0.2) is 0 Å². The number of amides is 1. The molecule has 1 aromatic heterocycles. The second-order valence-electron chi connectivity index (χ2n) is 4.79. The normalized spacial score (nSPS) is 20.9. The zero-order valence-electron chi connectivity index (χ0n) is 10.8. The number of hydrogen-bond donors (Lipinski definition) is 2. The van der Waals surface area contributed by atoms with Gasteiger partial charge in [0.05, 0.1) is 19.4 Å². The standard InChI is InChI=1S/C15H15NO4/c17-14(13-6-3-8-19-13)16-10-15(18)7-9-20-12-5-2-1-4-11(12)15/h1-6,8,18H,7,9-10H2,(H,16,17)/t15-/m1/s1. The van der Waals surface area contributed by atoms with E-state index in [9.17, 15) is 9.90 Å². The minimum Gasteiger partial charge on any atom is -0.493 e. The van der Waals surface area contributed by atoms with Crippen LogP contribution in [0, 0.1) is 0 Å². The fourth-order valence-corrected chi connectivity index (χ4v) is 2.35. The van der Waals surface area contributed by atoms with Crippen molar-refractivity contribution in [3.63, 3.8) is 0 Å². The van der Waals surface area contributed by atoms with Crippen LogP contribution in [0.25, 0.3) is 0 Å². The average Bonchev–Trinajstić information content (AvgIpc) is 3.00. The Labute approximate surface area is 116 Å². The van der Waals surface area contributed by atoms with Crippen molar-refractivity contribution in [1.29, 1.82) is 0 Å². The molecule has 104 valence electrons. The highest BCUT2D eigenvalue weighted by Crippen LogP contribution is 2.36. The van der Waals surface area contributed by atoms with Crippen molar-refractivity contribution in [2.24, 2.45) is 0 Å². The molecule has 3 rings (SSSR count). The number of aliphatic hydroxyl groups is 1. The maximum Gasteiger partial charge on any atom is 0.287 e. The summed E-state index contributed by atoms with van der Waals surface area (Å²) in [4.78, 5) is 11.9. The van der Waals surface area contributed by atoms with Crippen LogP contribution in [0.4, 0.5) is 0 Å². The molecule has 1 aromatic carbocycles. The predicted octanol–water partition coefficient (Wildman–Crippen LogP) is 1.68. The lowest BCUT2D eigenvalue weighted by Crippen LogP contribution is -2.43. The lowest BCUT2D eigenvalue weighted by atomic mass is 9.88. The fraction of sp³-hybridized carbons (Fsp3) is 0.267. The Balaban J connectivity index is 1.76. The summed E-state index contributed by atoms with van der Waals surface area (Å²) in [7, 11) is 0. The molecule has 0 spiro atoms. The van der Waals surface area contributed by atoms with Crippen LogP contribution in [-0.2, 0) is 5.60 Å². The van der Waals surface area contributed by atoms with Crippen LogP contribution in [0.1, 0.15) is 22.5 Å². The maximum atomic E-state index is 11.9. The quantitative estimate of drug-likeness (QED) is 0.892. The molecule has 0 fully saturated rings. The summed E-state index contributed by atoms with van der Waals surface area (Å²) in [6.07, 6.45) is 1.87. The molecule has 0 saturated carbocycles. The Hall–Kier alpha value is -2.27. The van der Waals surface area contributed by atoms with E-state index in [0.29, 0.717) is 24.3 Å². The second-order valence-corrected chi connectivity index (χ2v) is 4.79. The van der Waals surface area contributed by atoms with Crippen LogP contribution in [-0.4, -0.2) is 24.2 Å². The molecule has 0 unspecified atom stereocenters. The van der Waals surface area contributed by atoms with Gasteiger partial charge in [0.15, 0.2) is 5.76 Å². The summed E-state index contributed by atoms with van der Waals surface area (Å²) in [5.41, 5.74) is -0.414. The molecule has 20 heavy (non-hydrogen) atoms. The molecule has 2 aromatic rings. The smallest absolute Gasteiger partial charge is 0.287 e. The average molecular weight is 273 g/mol. The second kappa shape index (κ2) is 5.02. The molecule has 1 atom stereocenters.